The summed E-state index contributed by atoms with van der Waals surface area (Å²) >= 11 is 0. The minimum atomic E-state index is -0.0408. The number of amides is 1. The second-order valence-corrected chi connectivity index (χ2v) is 4.45. The van der Waals surface area contributed by atoms with Gasteiger partial charge in [0.1, 0.15) is 0 Å². The van der Waals surface area contributed by atoms with Gasteiger partial charge in [-0.15, -0.1) is 0 Å². The van der Waals surface area contributed by atoms with E-state index in [4.69, 9.17) is 4.84 Å². The van der Waals surface area contributed by atoms with Gasteiger partial charge in [0.05, 0.1) is 13.0 Å². The summed E-state index contributed by atoms with van der Waals surface area (Å²) in [5.41, 5.74) is 4.98. The Balaban J connectivity index is 2.21. The van der Waals surface area contributed by atoms with Crippen LogP contribution >= 0.6 is 0 Å². The number of hydrogen-bond acceptors (Lipinski definition) is 3. The second-order valence-electron chi connectivity index (χ2n) is 4.45. The van der Waals surface area contributed by atoms with Gasteiger partial charge in [-0.2, -0.15) is 5.48 Å². The highest BCUT2D eigenvalue weighted by molar-refractivity contribution is 6.04. The molecule has 2 rings (SSSR count). The van der Waals surface area contributed by atoms with Gasteiger partial charge in [0, 0.05) is 18.3 Å². The number of benzene rings is 1. The lowest BCUT2D eigenvalue weighted by atomic mass is 10.0. The van der Waals surface area contributed by atoms with Gasteiger partial charge in [-0.3, -0.25) is 4.79 Å². The molecule has 2 unspecified atom stereocenters. The normalized spacial score (nSPS) is 20.5. The highest BCUT2D eigenvalue weighted by Crippen LogP contribution is 2.36. The van der Waals surface area contributed by atoms with E-state index in [1.165, 1.54) is 0 Å². The molecule has 1 heterocycles. The van der Waals surface area contributed by atoms with Crippen LogP contribution < -0.4 is 10.4 Å². The third-order valence-corrected chi connectivity index (χ3v) is 3.11. The zero-order chi connectivity index (χ0) is 12.4. The molecule has 0 aliphatic carbocycles. The number of fused-ring (bicyclic) bond motifs is 1. The molecule has 1 aromatic rings. The van der Waals surface area contributed by atoms with Crippen LogP contribution in [0, 0.1) is 0 Å². The number of rotatable bonds is 4. The van der Waals surface area contributed by atoms with Gasteiger partial charge < -0.3 is 9.74 Å². The highest BCUT2D eigenvalue weighted by Gasteiger charge is 2.34. The number of carbonyl (C=O) groups is 1. The van der Waals surface area contributed by atoms with E-state index in [-0.39, 0.29) is 17.9 Å². The van der Waals surface area contributed by atoms with Crippen molar-refractivity contribution in [1.82, 2.24) is 5.48 Å². The van der Waals surface area contributed by atoms with Gasteiger partial charge >= 0.3 is 0 Å². The predicted molar refractivity (Wildman–Crippen MR) is 66.8 cm³/mol. The minimum Gasteiger partial charge on any atom is -0.310 e. The Morgan fingerprint density at radius 2 is 2.18 bits per heavy atom. The SMILES string of the molecule is CONC(C)CN1C(=O)C(C)c2ccccc21. The molecule has 1 amide bonds. The van der Waals surface area contributed by atoms with Crippen molar-refractivity contribution in [3.8, 4) is 0 Å². The first-order valence-corrected chi connectivity index (χ1v) is 5.84. The Kier molecular flexibility index (Phi) is 3.45. The van der Waals surface area contributed by atoms with E-state index in [2.05, 4.69) is 5.48 Å². The van der Waals surface area contributed by atoms with Crippen molar-refractivity contribution in [1.29, 1.82) is 0 Å². The summed E-state index contributed by atoms with van der Waals surface area (Å²) in [5.74, 6) is 0.122. The number of carbonyl (C=O) groups excluding carboxylic acids is 1. The van der Waals surface area contributed by atoms with Crippen molar-refractivity contribution < 1.29 is 9.63 Å². The van der Waals surface area contributed by atoms with Crippen molar-refractivity contribution in [3.63, 3.8) is 0 Å². The summed E-state index contributed by atoms with van der Waals surface area (Å²) in [5, 5.41) is 0. The Hall–Kier alpha value is -1.39. The van der Waals surface area contributed by atoms with Crippen LogP contribution in [0.15, 0.2) is 24.3 Å². The molecule has 4 nitrogen and oxygen atoms in total. The zero-order valence-electron chi connectivity index (χ0n) is 10.4. The first-order valence-electron chi connectivity index (χ1n) is 5.84. The van der Waals surface area contributed by atoms with Crippen molar-refractivity contribution in [2.75, 3.05) is 18.6 Å². The average molecular weight is 234 g/mol. The maximum atomic E-state index is 12.2. The highest BCUT2D eigenvalue weighted by atomic mass is 16.6. The first-order chi connectivity index (χ1) is 8.15. The van der Waals surface area contributed by atoms with Crippen LogP contribution in [-0.4, -0.2) is 25.6 Å². The lowest BCUT2D eigenvalue weighted by molar-refractivity contribution is -0.119. The van der Waals surface area contributed by atoms with E-state index in [0.29, 0.717) is 6.54 Å². The standard InChI is InChI=1S/C13H18N2O2/c1-9(14-17-3)8-15-12-7-5-4-6-11(12)10(2)13(15)16/h4-7,9-10,14H,8H2,1-3H3. The Morgan fingerprint density at radius 1 is 1.47 bits per heavy atom. The maximum absolute atomic E-state index is 12.2. The van der Waals surface area contributed by atoms with E-state index in [1.807, 2.05) is 43.0 Å². The third kappa shape index (κ3) is 2.18. The van der Waals surface area contributed by atoms with Crippen LogP contribution in [0.3, 0.4) is 0 Å². The molecular weight excluding hydrogens is 216 g/mol. The number of nitrogens with one attached hydrogen (secondary N) is 1. The molecule has 0 saturated heterocycles. The molecule has 2 atom stereocenters. The van der Waals surface area contributed by atoms with Gasteiger partial charge in [0.2, 0.25) is 5.91 Å². The number of para-hydroxylation sites is 1. The molecule has 92 valence electrons. The summed E-state index contributed by atoms with van der Waals surface area (Å²) in [6, 6.07) is 8.05. The molecule has 17 heavy (non-hydrogen) atoms. The van der Waals surface area contributed by atoms with Crippen LogP contribution in [0.2, 0.25) is 0 Å². The number of nitrogens with zero attached hydrogens (tertiary/aromatic N) is 1. The number of hydroxylamine groups is 1. The lowest BCUT2D eigenvalue weighted by Gasteiger charge is -2.22. The van der Waals surface area contributed by atoms with E-state index in [9.17, 15) is 4.79 Å². The number of anilines is 1. The zero-order valence-corrected chi connectivity index (χ0v) is 10.4. The van der Waals surface area contributed by atoms with Crippen LogP contribution in [-0.2, 0) is 9.63 Å². The van der Waals surface area contributed by atoms with Gasteiger partial charge in [0.15, 0.2) is 0 Å². The smallest absolute Gasteiger partial charge is 0.234 e. The molecule has 1 aliphatic rings. The summed E-state index contributed by atoms with van der Waals surface area (Å²) in [6.07, 6.45) is 0. The van der Waals surface area contributed by atoms with Crippen LogP contribution in [0.4, 0.5) is 5.69 Å². The number of hydrogen-bond donors (Lipinski definition) is 1. The van der Waals surface area contributed by atoms with Crippen LogP contribution in [0.25, 0.3) is 0 Å². The summed E-state index contributed by atoms with van der Waals surface area (Å²) in [7, 11) is 1.58. The van der Waals surface area contributed by atoms with Gasteiger partial charge in [-0.25, -0.2) is 0 Å². The minimum absolute atomic E-state index is 0.0408. The molecule has 0 bridgehead atoms. The van der Waals surface area contributed by atoms with E-state index in [0.717, 1.165) is 11.3 Å². The van der Waals surface area contributed by atoms with Crippen molar-refractivity contribution in [2.24, 2.45) is 0 Å². The summed E-state index contributed by atoms with van der Waals surface area (Å²) < 4.78 is 0. The second kappa shape index (κ2) is 4.85. The molecule has 0 saturated carbocycles. The summed E-state index contributed by atoms with van der Waals surface area (Å²) in [4.78, 5) is 18.9. The molecule has 1 aromatic carbocycles. The molecule has 1 aliphatic heterocycles. The predicted octanol–water partition coefficient (Wildman–Crippen LogP) is 1.68. The summed E-state index contributed by atoms with van der Waals surface area (Å²) in [6.45, 7) is 4.56. The van der Waals surface area contributed by atoms with E-state index < -0.39 is 0 Å². The van der Waals surface area contributed by atoms with Gasteiger partial charge in [-0.05, 0) is 25.5 Å². The van der Waals surface area contributed by atoms with E-state index >= 15 is 0 Å². The van der Waals surface area contributed by atoms with Crippen molar-refractivity contribution >= 4 is 11.6 Å². The fourth-order valence-corrected chi connectivity index (χ4v) is 2.29. The fraction of sp³-hybridized carbons (Fsp3) is 0.462. The molecule has 1 N–H and O–H groups in total. The van der Waals surface area contributed by atoms with Crippen LogP contribution in [0.5, 0.6) is 0 Å². The molecule has 0 spiro atoms. The maximum Gasteiger partial charge on any atom is 0.234 e. The quantitative estimate of drug-likeness (QED) is 0.806. The van der Waals surface area contributed by atoms with E-state index in [1.54, 1.807) is 7.11 Å². The lowest BCUT2D eigenvalue weighted by Crippen LogP contribution is -2.40. The fourth-order valence-electron chi connectivity index (χ4n) is 2.29. The molecule has 0 radical (unpaired) electrons. The average Bonchev–Trinajstić information content (AvgIpc) is 2.56. The van der Waals surface area contributed by atoms with Crippen LogP contribution in [0.1, 0.15) is 25.3 Å². The largest absolute Gasteiger partial charge is 0.310 e. The van der Waals surface area contributed by atoms with Gasteiger partial charge in [0.25, 0.3) is 0 Å². The molecular formula is C13H18N2O2. The Labute approximate surface area is 102 Å². The topological polar surface area (TPSA) is 41.6 Å². The Morgan fingerprint density at radius 3 is 2.88 bits per heavy atom. The molecule has 0 aromatic heterocycles. The van der Waals surface area contributed by atoms with Crippen molar-refractivity contribution in [3.05, 3.63) is 29.8 Å². The third-order valence-electron chi connectivity index (χ3n) is 3.11. The molecule has 0 fully saturated rings. The monoisotopic (exact) mass is 234 g/mol. The van der Waals surface area contributed by atoms with Gasteiger partial charge in [-0.1, -0.05) is 18.2 Å². The first kappa shape index (κ1) is 12.1. The molecule has 4 heteroatoms. The Bertz CT molecular complexity index is 420. The van der Waals surface area contributed by atoms with Crippen molar-refractivity contribution in [2.45, 2.75) is 25.8 Å².